The summed E-state index contributed by atoms with van der Waals surface area (Å²) in [4.78, 5) is 14.1. The quantitative estimate of drug-likeness (QED) is 0.588. The molecule has 2 aromatic carbocycles. The van der Waals surface area contributed by atoms with Crippen LogP contribution < -0.4 is 9.47 Å². The number of para-hydroxylation sites is 2. The Morgan fingerprint density at radius 3 is 2.55 bits per heavy atom. The number of halogens is 4. The van der Waals surface area contributed by atoms with Gasteiger partial charge in [0.15, 0.2) is 23.3 Å². The van der Waals surface area contributed by atoms with Crippen LogP contribution >= 0.6 is 11.6 Å². The van der Waals surface area contributed by atoms with Crippen LogP contribution in [-0.4, -0.2) is 46.9 Å². The largest absolute Gasteiger partial charge is 0.486 e. The molecule has 2 heterocycles. The molecule has 0 aliphatic carbocycles. The second kappa shape index (κ2) is 8.14. The van der Waals surface area contributed by atoms with Gasteiger partial charge in [-0.25, -0.2) is 4.68 Å². The lowest BCUT2D eigenvalue weighted by Crippen LogP contribution is -2.42. The molecule has 4 rings (SSSR count). The van der Waals surface area contributed by atoms with Crippen LogP contribution in [-0.2, 0) is 6.18 Å². The van der Waals surface area contributed by atoms with Crippen molar-refractivity contribution in [3.05, 3.63) is 71.0 Å². The van der Waals surface area contributed by atoms with E-state index in [0.29, 0.717) is 21.2 Å². The first-order valence-electron chi connectivity index (χ1n) is 9.29. The molecule has 31 heavy (non-hydrogen) atoms. The molecule has 6 nitrogen and oxygen atoms in total. The fraction of sp³-hybridized carbons (Fsp3) is 0.238. The minimum Gasteiger partial charge on any atom is -0.486 e. The van der Waals surface area contributed by atoms with Crippen molar-refractivity contribution in [3.8, 4) is 17.2 Å². The van der Waals surface area contributed by atoms with E-state index in [1.165, 1.54) is 36.2 Å². The molecule has 1 aromatic heterocycles. The maximum Gasteiger partial charge on any atom is 0.434 e. The van der Waals surface area contributed by atoms with Crippen LogP contribution in [0.2, 0.25) is 5.02 Å². The summed E-state index contributed by atoms with van der Waals surface area (Å²) < 4.78 is 53.6. The second-order valence-corrected chi connectivity index (χ2v) is 7.41. The van der Waals surface area contributed by atoms with Crippen LogP contribution in [0.1, 0.15) is 16.1 Å². The number of likely N-dealkylation sites (N-methyl/N-ethyl adjacent to an activating group) is 1. The second-order valence-electron chi connectivity index (χ2n) is 6.98. The predicted octanol–water partition coefficient (Wildman–Crippen LogP) is 4.46. The number of alkyl halides is 3. The van der Waals surface area contributed by atoms with Gasteiger partial charge in [0, 0.05) is 12.1 Å². The van der Waals surface area contributed by atoms with Crippen molar-refractivity contribution < 1.29 is 27.4 Å². The summed E-state index contributed by atoms with van der Waals surface area (Å²) in [5, 5.41) is 4.18. The van der Waals surface area contributed by atoms with Crippen LogP contribution in [0.5, 0.6) is 11.5 Å². The standard InChI is InChI=1S/C21H17ClF3N3O3/c1-27(11-15-12-30-17-4-2-3-5-18(17)31-15)20(29)16-10-26-28(19(16)21(23,24)25)14-8-6-13(22)7-9-14/h2-10,15H,11-12H2,1H3/t15-/m0/s1. The number of nitrogens with zero attached hydrogens (tertiary/aromatic N) is 3. The number of carbonyl (C=O) groups is 1. The van der Waals surface area contributed by atoms with Gasteiger partial charge in [0.25, 0.3) is 5.91 Å². The Hall–Kier alpha value is -3.20. The highest BCUT2D eigenvalue weighted by Gasteiger charge is 2.41. The van der Waals surface area contributed by atoms with Crippen molar-refractivity contribution in [1.82, 2.24) is 14.7 Å². The van der Waals surface area contributed by atoms with Gasteiger partial charge < -0.3 is 14.4 Å². The normalized spacial score (nSPS) is 15.6. The topological polar surface area (TPSA) is 56.6 Å². The van der Waals surface area contributed by atoms with Crippen LogP contribution in [0.15, 0.2) is 54.7 Å². The van der Waals surface area contributed by atoms with Gasteiger partial charge >= 0.3 is 6.18 Å². The summed E-state index contributed by atoms with van der Waals surface area (Å²) in [6.45, 7) is 0.210. The van der Waals surface area contributed by atoms with E-state index in [0.717, 1.165) is 6.20 Å². The molecule has 1 aliphatic heterocycles. The lowest BCUT2D eigenvalue weighted by molar-refractivity contribution is -0.143. The minimum atomic E-state index is -4.80. The molecule has 0 saturated carbocycles. The molecule has 3 aromatic rings. The zero-order chi connectivity index (χ0) is 22.2. The molecular formula is C21H17ClF3N3O3. The minimum absolute atomic E-state index is 0.0383. The van der Waals surface area contributed by atoms with E-state index in [1.807, 2.05) is 0 Å². The van der Waals surface area contributed by atoms with Gasteiger partial charge in [-0.2, -0.15) is 18.3 Å². The SMILES string of the molecule is CN(C[C@H]1COc2ccccc2O1)C(=O)c1cnn(-c2ccc(Cl)cc2)c1C(F)(F)F. The summed E-state index contributed by atoms with van der Waals surface area (Å²) in [6, 6.07) is 12.7. The highest BCUT2D eigenvalue weighted by molar-refractivity contribution is 6.30. The molecule has 1 atom stereocenters. The Bertz CT molecular complexity index is 1100. The maximum absolute atomic E-state index is 13.9. The number of carbonyl (C=O) groups excluding carboxylic acids is 1. The fourth-order valence-electron chi connectivity index (χ4n) is 3.30. The average Bonchev–Trinajstić information content (AvgIpc) is 3.19. The summed E-state index contributed by atoms with van der Waals surface area (Å²) in [5.41, 5.74) is -1.57. The Kier molecular flexibility index (Phi) is 5.53. The fourth-order valence-corrected chi connectivity index (χ4v) is 3.43. The summed E-state index contributed by atoms with van der Waals surface area (Å²) in [7, 11) is 1.41. The molecule has 0 N–H and O–H groups in total. The number of hydrogen-bond donors (Lipinski definition) is 0. The van der Waals surface area contributed by atoms with Gasteiger partial charge in [0.05, 0.1) is 24.0 Å². The molecule has 10 heteroatoms. The van der Waals surface area contributed by atoms with Crippen molar-refractivity contribution >= 4 is 17.5 Å². The summed E-state index contributed by atoms with van der Waals surface area (Å²) in [6.07, 6.45) is -4.40. The third-order valence-corrected chi connectivity index (χ3v) is 4.98. The van der Waals surface area contributed by atoms with Crippen molar-refractivity contribution in [2.75, 3.05) is 20.2 Å². The number of amides is 1. The Labute approximate surface area is 180 Å². The molecule has 0 bridgehead atoms. The van der Waals surface area contributed by atoms with Crippen LogP contribution in [0.4, 0.5) is 13.2 Å². The van der Waals surface area contributed by atoms with Crippen LogP contribution in [0, 0.1) is 0 Å². The molecule has 0 radical (unpaired) electrons. The first-order valence-corrected chi connectivity index (χ1v) is 9.67. The van der Waals surface area contributed by atoms with E-state index in [9.17, 15) is 18.0 Å². The monoisotopic (exact) mass is 451 g/mol. The van der Waals surface area contributed by atoms with E-state index < -0.39 is 29.4 Å². The molecular weight excluding hydrogens is 435 g/mol. The van der Waals surface area contributed by atoms with Gasteiger partial charge in [0.2, 0.25) is 0 Å². The molecule has 0 fully saturated rings. The lowest BCUT2D eigenvalue weighted by Gasteiger charge is -2.29. The third kappa shape index (κ3) is 4.32. The number of aromatic nitrogens is 2. The third-order valence-electron chi connectivity index (χ3n) is 4.73. The first kappa shape index (κ1) is 21.0. The van der Waals surface area contributed by atoms with Crippen molar-refractivity contribution in [2.24, 2.45) is 0 Å². The van der Waals surface area contributed by atoms with Crippen molar-refractivity contribution in [1.29, 1.82) is 0 Å². The van der Waals surface area contributed by atoms with Crippen molar-refractivity contribution in [3.63, 3.8) is 0 Å². The zero-order valence-electron chi connectivity index (χ0n) is 16.3. The highest BCUT2D eigenvalue weighted by Crippen LogP contribution is 2.35. The highest BCUT2D eigenvalue weighted by atomic mass is 35.5. The van der Waals surface area contributed by atoms with E-state index in [1.54, 1.807) is 24.3 Å². The number of rotatable bonds is 4. The van der Waals surface area contributed by atoms with Crippen molar-refractivity contribution in [2.45, 2.75) is 12.3 Å². The average molecular weight is 452 g/mol. The van der Waals surface area contributed by atoms with E-state index in [4.69, 9.17) is 21.1 Å². The Morgan fingerprint density at radius 2 is 1.87 bits per heavy atom. The Morgan fingerprint density at radius 1 is 1.19 bits per heavy atom. The van der Waals surface area contributed by atoms with Crippen LogP contribution in [0.25, 0.3) is 5.69 Å². The Balaban J connectivity index is 1.57. The molecule has 1 aliphatic rings. The predicted molar refractivity (Wildman–Crippen MR) is 107 cm³/mol. The van der Waals surface area contributed by atoms with Gasteiger partial charge in [-0.1, -0.05) is 23.7 Å². The van der Waals surface area contributed by atoms with E-state index in [-0.39, 0.29) is 18.8 Å². The van der Waals surface area contributed by atoms with Crippen LogP contribution in [0.3, 0.4) is 0 Å². The molecule has 162 valence electrons. The number of benzene rings is 2. The van der Waals surface area contributed by atoms with Gasteiger partial charge in [-0.15, -0.1) is 0 Å². The number of hydrogen-bond acceptors (Lipinski definition) is 4. The summed E-state index contributed by atoms with van der Waals surface area (Å²) in [5.74, 6) is 0.275. The zero-order valence-corrected chi connectivity index (χ0v) is 17.0. The summed E-state index contributed by atoms with van der Waals surface area (Å²) >= 11 is 5.82. The smallest absolute Gasteiger partial charge is 0.434 e. The van der Waals surface area contributed by atoms with Gasteiger partial charge in [-0.3, -0.25) is 4.79 Å². The maximum atomic E-state index is 13.9. The van der Waals surface area contributed by atoms with Gasteiger partial charge in [-0.05, 0) is 36.4 Å². The van der Waals surface area contributed by atoms with E-state index >= 15 is 0 Å². The molecule has 0 saturated heterocycles. The van der Waals surface area contributed by atoms with E-state index in [2.05, 4.69) is 5.10 Å². The number of ether oxygens (including phenoxy) is 2. The van der Waals surface area contributed by atoms with Gasteiger partial charge in [0.1, 0.15) is 6.61 Å². The number of fused-ring (bicyclic) bond motifs is 1. The first-order chi connectivity index (χ1) is 14.7. The molecule has 1 amide bonds. The lowest BCUT2D eigenvalue weighted by atomic mass is 10.2. The molecule has 0 spiro atoms. The molecule has 0 unspecified atom stereocenters.